The summed E-state index contributed by atoms with van der Waals surface area (Å²) < 4.78 is 5.39. The van der Waals surface area contributed by atoms with E-state index in [1.54, 1.807) is 7.11 Å². The number of allylic oxidation sites excluding steroid dienone is 2. The number of nitriles is 1. The van der Waals surface area contributed by atoms with Crippen LogP contribution in [0.15, 0.2) is 59.1 Å². The van der Waals surface area contributed by atoms with Crippen LogP contribution in [0, 0.1) is 23.2 Å². The summed E-state index contributed by atoms with van der Waals surface area (Å²) in [6.45, 7) is 5.03. The average molecular weight is 483 g/mol. The molecule has 3 atom stereocenters. The van der Waals surface area contributed by atoms with Gasteiger partial charge >= 0.3 is 0 Å². The van der Waals surface area contributed by atoms with Crippen LogP contribution in [0.2, 0.25) is 0 Å². The van der Waals surface area contributed by atoms with Crippen LogP contribution < -0.4 is 4.74 Å². The smallest absolute Gasteiger partial charge is 0.181 e. The number of aliphatic imine (C=N–C) groups is 1. The van der Waals surface area contributed by atoms with E-state index in [4.69, 9.17) is 9.73 Å². The summed E-state index contributed by atoms with van der Waals surface area (Å²) in [6.07, 6.45) is 8.74. The zero-order valence-electron chi connectivity index (χ0n) is 21.9. The van der Waals surface area contributed by atoms with E-state index >= 15 is 0 Å². The zero-order chi connectivity index (χ0) is 25.5. The number of Topliss-reactive ketones (excluding diaryl/α,β-unsaturated/α-hetero) is 1. The number of methoxy groups -OCH3 is 1. The Morgan fingerprint density at radius 1 is 1.00 bits per heavy atom. The van der Waals surface area contributed by atoms with Crippen molar-refractivity contribution >= 4 is 17.1 Å². The molecule has 3 unspecified atom stereocenters. The van der Waals surface area contributed by atoms with Crippen molar-refractivity contribution in [3.05, 3.63) is 70.8 Å². The number of nitrogens with zero attached hydrogens (tertiary/aromatic N) is 2. The van der Waals surface area contributed by atoms with Gasteiger partial charge in [0.15, 0.2) is 5.78 Å². The summed E-state index contributed by atoms with van der Waals surface area (Å²) in [6, 6.07) is 18.2. The summed E-state index contributed by atoms with van der Waals surface area (Å²) >= 11 is 0. The molecule has 0 radical (unpaired) electrons. The quantitative estimate of drug-likeness (QED) is 0.427. The van der Waals surface area contributed by atoms with E-state index in [0.29, 0.717) is 30.2 Å². The van der Waals surface area contributed by atoms with Gasteiger partial charge in [-0.05, 0) is 78.1 Å². The molecule has 4 heteroatoms. The van der Waals surface area contributed by atoms with Crippen molar-refractivity contribution in [1.82, 2.24) is 0 Å². The van der Waals surface area contributed by atoms with Crippen LogP contribution in [0.3, 0.4) is 0 Å². The van der Waals surface area contributed by atoms with E-state index in [9.17, 15) is 10.1 Å². The van der Waals surface area contributed by atoms with E-state index in [1.807, 2.05) is 36.4 Å². The molecule has 188 valence electrons. The van der Waals surface area contributed by atoms with Crippen LogP contribution in [-0.2, 0) is 4.79 Å². The molecule has 0 aromatic heterocycles. The average Bonchev–Trinajstić information content (AvgIpc) is 3.07. The molecule has 0 spiro atoms. The number of carbonyl (C=O) groups excluding carboxylic acids is 1. The lowest BCUT2D eigenvalue weighted by Crippen LogP contribution is -2.21. The maximum absolute atomic E-state index is 13.7. The van der Waals surface area contributed by atoms with Gasteiger partial charge in [-0.1, -0.05) is 63.3 Å². The summed E-state index contributed by atoms with van der Waals surface area (Å²) in [5.41, 5.74) is 5.68. The van der Waals surface area contributed by atoms with Gasteiger partial charge in [-0.25, -0.2) is 0 Å². The second kappa shape index (κ2) is 12.2. The normalized spacial score (nSPS) is 23.1. The molecule has 36 heavy (non-hydrogen) atoms. The van der Waals surface area contributed by atoms with E-state index in [-0.39, 0.29) is 11.7 Å². The largest absolute Gasteiger partial charge is 0.497 e. The second-order valence-corrected chi connectivity index (χ2v) is 10.5. The molecule has 2 aliphatic rings. The number of rotatable bonds is 6. The highest BCUT2D eigenvalue weighted by Crippen LogP contribution is 2.40. The van der Waals surface area contributed by atoms with E-state index in [0.717, 1.165) is 53.2 Å². The first-order chi connectivity index (χ1) is 17.5. The van der Waals surface area contributed by atoms with Gasteiger partial charge < -0.3 is 4.74 Å². The Balaban J connectivity index is 1.68. The molecule has 4 nitrogen and oxygen atoms in total. The van der Waals surface area contributed by atoms with Crippen molar-refractivity contribution in [2.45, 2.75) is 71.1 Å². The standard InChI is InChI=1S/C32H38N2O2/c1-22-6-4-5-7-24(9-8-22)20-30(35)32-23(2)31(27-14-16-28(36-3)17-15-27)29(18-19-34-32)26-12-10-25(21-33)11-13-26/h10-17,22,24,29H,4-9,18-20H2,1-3H3. The molecule has 0 amide bonds. The molecule has 2 aromatic carbocycles. The van der Waals surface area contributed by atoms with Gasteiger partial charge in [-0.15, -0.1) is 0 Å². The van der Waals surface area contributed by atoms with E-state index in [2.05, 4.69) is 32.0 Å². The van der Waals surface area contributed by atoms with Gasteiger partial charge in [-0.2, -0.15) is 5.26 Å². The minimum absolute atomic E-state index is 0.0995. The van der Waals surface area contributed by atoms with Gasteiger partial charge in [0.1, 0.15) is 11.5 Å². The molecule has 1 aliphatic heterocycles. The van der Waals surface area contributed by atoms with Crippen molar-refractivity contribution < 1.29 is 9.53 Å². The third-order valence-electron chi connectivity index (χ3n) is 8.00. The van der Waals surface area contributed by atoms with Gasteiger partial charge in [0.25, 0.3) is 0 Å². The fourth-order valence-corrected chi connectivity index (χ4v) is 5.86. The lowest BCUT2D eigenvalue weighted by molar-refractivity contribution is -0.113. The molecule has 1 aliphatic carbocycles. The van der Waals surface area contributed by atoms with Crippen LogP contribution in [0.1, 0.15) is 87.8 Å². The molecular weight excluding hydrogens is 444 g/mol. The van der Waals surface area contributed by atoms with Gasteiger partial charge in [0.05, 0.1) is 18.7 Å². The minimum Gasteiger partial charge on any atom is -0.497 e. The summed E-state index contributed by atoms with van der Waals surface area (Å²) in [5.74, 6) is 2.32. The molecule has 1 saturated carbocycles. The summed E-state index contributed by atoms with van der Waals surface area (Å²) in [5, 5.41) is 9.26. The number of ketones is 1. The number of hydrogen-bond acceptors (Lipinski definition) is 4. The number of carbonyl (C=O) groups is 1. The maximum Gasteiger partial charge on any atom is 0.181 e. The van der Waals surface area contributed by atoms with Crippen molar-refractivity contribution in [2.75, 3.05) is 13.7 Å². The maximum atomic E-state index is 13.7. The third-order valence-corrected chi connectivity index (χ3v) is 8.00. The molecule has 4 rings (SSSR count). The highest BCUT2D eigenvalue weighted by atomic mass is 16.5. The predicted molar refractivity (Wildman–Crippen MR) is 146 cm³/mol. The fourth-order valence-electron chi connectivity index (χ4n) is 5.86. The highest BCUT2D eigenvalue weighted by molar-refractivity contribution is 6.47. The number of ether oxygens (including phenoxy) is 1. The molecule has 1 fully saturated rings. The zero-order valence-corrected chi connectivity index (χ0v) is 21.9. The van der Waals surface area contributed by atoms with E-state index in [1.165, 1.54) is 25.7 Å². The molecule has 1 heterocycles. The van der Waals surface area contributed by atoms with Crippen LogP contribution in [-0.4, -0.2) is 25.1 Å². The first kappa shape index (κ1) is 25.9. The summed E-state index contributed by atoms with van der Waals surface area (Å²) in [4.78, 5) is 18.6. The molecule has 0 saturated heterocycles. The van der Waals surface area contributed by atoms with E-state index < -0.39 is 0 Å². The summed E-state index contributed by atoms with van der Waals surface area (Å²) in [7, 11) is 1.67. The van der Waals surface area contributed by atoms with Crippen molar-refractivity contribution in [3.8, 4) is 11.8 Å². The minimum atomic E-state index is 0.0995. The third kappa shape index (κ3) is 6.13. The Morgan fingerprint density at radius 3 is 2.42 bits per heavy atom. The van der Waals surface area contributed by atoms with Gasteiger partial charge in [-0.3, -0.25) is 9.79 Å². The Kier molecular flexibility index (Phi) is 8.75. The van der Waals surface area contributed by atoms with Crippen molar-refractivity contribution in [1.29, 1.82) is 5.26 Å². The van der Waals surface area contributed by atoms with Gasteiger partial charge in [0, 0.05) is 18.9 Å². The Morgan fingerprint density at radius 2 is 1.72 bits per heavy atom. The van der Waals surface area contributed by atoms with Crippen LogP contribution >= 0.6 is 0 Å². The molecule has 0 N–H and O–H groups in total. The SMILES string of the molecule is COc1ccc(C2=C(C)C(C(=O)CC3CCCCC(C)CC3)=NCCC2c2ccc(C#N)cc2)cc1. The molecular formula is C32H38N2O2. The Hall–Kier alpha value is -3.19. The van der Waals surface area contributed by atoms with Gasteiger partial charge in [0.2, 0.25) is 0 Å². The van der Waals surface area contributed by atoms with Crippen LogP contribution in [0.5, 0.6) is 5.75 Å². The van der Waals surface area contributed by atoms with Crippen LogP contribution in [0.4, 0.5) is 0 Å². The van der Waals surface area contributed by atoms with Crippen molar-refractivity contribution in [2.24, 2.45) is 16.8 Å². The monoisotopic (exact) mass is 482 g/mol. The van der Waals surface area contributed by atoms with Crippen molar-refractivity contribution in [3.63, 3.8) is 0 Å². The molecule has 2 aromatic rings. The number of benzene rings is 2. The highest BCUT2D eigenvalue weighted by Gasteiger charge is 2.29. The lowest BCUT2D eigenvalue weighted by atomic mass is 9.80. The lowest BCUT2D eigenvalue weighted by Gasteiger charge is -2.24. The first-order valence-electron chi connectivity index (χ1n) is 13.4. The fraction of sp³-hybridized carbons (Fsp3) is 0.469. The first-order valence-corrected chi connectivity index (χ1v) is 13.4. The van der Waals surface area contributed by atoms with Crippen LogP contribution in [0.25, 0.3) is 5.57 Å². The Labute approximate surface area is 216 Å². The molecule has 0 bridgehead atoms. The number of hydrogen-bond donors (Lipinski definition) is 0. The Bertz CT molecular complexity index is 1150. The topological polar surface area (TPSA) is 62.4 Å². The predicted octanol–water partition coefficient (Wildman–Crippen LogP) is 7.53. The second-order valence-electron chi connectivity index (χ2n) is 10.5.